The molecule has 1 aromatic heterocycles. The van der Waals surface area contributed by atoms with Crippen molar-refractivity contribution in [1.82, 2.24) is 14.7 Å². The number of nitrogens with zero attached hydrogens (tertiary/aromatic N) is 3. The van der Waals surface area contributed by atoms with E-state index in [1.54, 1.807) is 4.90 Å². The first kappa shape index (κ1) is 14.7. The van der Waals surface area contributed by atoms with Crippen molar-refractivity contribution in [2.75, 3.05) is 18.8 Å². The number of alkyl halides is 3. The third-order valence-electron chi connectivity index (χ3n) is 3.28. The molecule has 0 saturated carbocycles. The summed E-state index contributed by atoms with van der Waals surface area (Å²) in [4.78, 5) is 13.8. The molecule has 1 atom stereocenters. The predicted molar refractivity (Wildman–Crippen MR) is 67.0 cm³/mol. The van der Waals surface area contributed by atoms with Gasteiger partial charge < -0.3 is 10.6 Å². The van der Waals surface area contributed by atoms with Crippen molar-refractivity contribution in [2.24, 2.45) is 5.92 Å². The highest BCUT2D eigenvalue weighted by molar-refractivity contribution is 5.97. The zero-order valence-corrected chi connectivity index (χ0v) is 11.2. The Bertz CT molecular complexity index is 497. The number of hydrogen-bond acceptors (Lipinski definition) is 3. The lowest BCUT2D eigenvalue weighted by Crippen LogP contribution is -2.39. The average molecular weight is 290 g/mol. The molecular weight excluding hydrogens is 273 g/mol. The molecule has 20 heavy (non-hydrogen) atoms. The van der Waals surface area contributed by atoms with E-state index in [0.717, 1.165) is 19.0 Å². The van der Waals surface area contributed by atoms with Crippen LogP contribution in [0.3, 0.4) is 0 Å². The lowest BCUT2D eigenvalue weighted by atomic mass is 10.00. The van der Waals surface area contributed by atoms with Gasteiger partial charge in [-0.25, -0.2) is 0 Å². The van der Waals surface area contributed by atoms with Crippen LogP contribution in [0.15, 0.2) is 6.20 Å². The minimum atomic E-state index is -4.39. The van der Waals surface area contributed by atoms with Gasteiger partial charge in [0, 0.05) is 19.3 Å². The van der Waals surface area contributed by atoms with Crippen LogP contribution < -0.4 is 5.73 Å². The Labute approximate surface area is 114 Å². The maximum atomic E-state index is 12.3. The van der Waals surface area contributed by atoms with Crippen molar-refractivity contribution >= 4 is 11.6 Å². The summed E-state index contributed by atoms with van der Waals surface area (Å²) in [6, 6.07) is 0. The molecule has 1 saturated heterocycles. The molecule has 1 amide bonds. The lowest BCUT2D eigenvalue weighted by molar-refractivity contribution is -0.142. The number of piperidine rings is 1. The molecule has 0 spiro atoms. The second-order valence-corrected chi connectivity index (χ2v) is 5.24. The Morgan fingerprint density at radius 1 is 1.55 bits per heavy atom. The number of hydrogen-bond donors (Lipinski definition) is 1. The average Bonchev–Trinajstić information content (AvgIpc) is 2.66. The van der Waals surface area contributed by atoms with E-state index in [1.807, 2.05) is 6.92 Å². The minimum absolute atomic E-state index is 0.0162. The molecule has 0 aromatic carbocycles. The number of nitrogen functional groups attached to an aromatic ring is 1. The van der Waals surface area contributed by atoms with Gasteiger partial charge in [-0.3, -0.25) is 9.48 Å². The fraction of sp³-hybridized carbons (Fsp3) is 0.667. The number of likely N-dealkylation sites (tertiary alicyclic amines) is 1. The Balaban J connectivity index is 2.14. The van der Waals surface area contributed by atoms with Gasteiger partial charge >= 0.3 is 6.18 Å². The quantitative estimate of drug-likeness (QED) is 0.904. The van der Waals surface area contributed by atoms with Gasteiger partial charge in [0.2, 0.25) is 0 Å². The number of carbonyl (C=O) groups excluding carboxylic acids is 1. The zero-order valence-electron chi connectivity index (χ0n) is 11.2. The Morgan fingerprint density at radius 2 is 2.25 bits per heavy atom. The summed E-state index contributed by atoms with van der Waals surface area (Å²) in [6.45, 7) is 1.96. The van der Waals surface area contributed by atoms with Gasteiger partial charge in [-0.15, -0.1) is 0 Å². The van der Waals surface area contributed by atoms with E-state index in [1.165, 1.54) is 0 Å². The predicted octanol–water partition coefficient (Wildman–Crippen LogP) is 1.90. The van der Waals surface area contributed by atoms with Crippen LogP contribution in [0.1, 0.15) is 30.3 Å². The van der Waals surface area contributed by atoms with Gasteiger partial charge in [0.1, 0.15) is 6.54 Å². The van der Waals surface area contributed by atoms with Crippen molar-refractivity contribution in [3.05, 3.63) is 11.9 Å². The van der Waals surface area contributed by atoms with E-state index in [-0.39, 0.29) is 11.4 Å². The van der Waals surface area contributed by atoms with E-state index in [0.29, 0.717) is 23.7 Å². The fourth-order valence-corrected chi connectivity index (χ4v) is 2.39. The van der Waals surface area contributed by atoms with E-state index >= 15 is 0 Å². The first-order chi connectivity index (χ1) is 9.26. The summed E-state index contributed by atoms with van der Waals surface area (Å²) in [6.07, 6.45) is -1.41. The smallest absolute Gasteiger partial charge is 0.396 e. The van der Waals surface area contributed by atoms with E-state index < -0.39 is 18.6 Å². The first-order valence-corrected chi connectivity index (χ1v) is 6.45. The summed E-state index contributed by atoms with van der Waals surface area (Å²) in [5, 5.41) is 3.68. The Hall–Kier alpha value is -1.73. The highest BCUT2D eigenvalue weighted by Gasteiger charge is 2.31. The molecule has 2 N–H and O–H groups in total. The van der Waals surface area contributed by atoms with Crippen LogP contribution in [0.2, 0.25) is 0 Å². The molecule has 0 radical (unpaired) electrons. The third kappa shape index (κ3) is 3.43. The van der Waals surface area contributed by atoms with Crippen LogP contribution in [0.4, 0.5) is 18.9 Å². The summed E-state index contributed by atoms with van der Waals surface area (Å²) >= 11 is 0. The lowest BCUT2D eigenvalue weighted by Gasteiger charge is -2.30. The second-order valence-electron chi connectivity index (χ2n) is 5.24. The first-order valence-electron chi connectivity index (χ1n) is 6.45. The van der Waals surface area contributed by atoms with Crippen molar-refractivity contribution in [1.29, 1.82) is 0 Å². The van der Waals surface area contributed by atoms with Gasteiger partial charge in [0.05, 0.1) is 5.69 Å². The largest absolute Gasteiger partial charge is 0.408 e. The SMILES string of the molecule is CC1CCCN(C(=O)c2nn(CC(F)(F)F)cc2N)C1. The molecule has 1 unspecified atom stereocenters. The molecule has 112 valence electrons. The number of carbonyl (C=O) groups is 1. The number of amides is 1. The van der Waals surface area contributed by atoms with Crippen molar-refractivity contribution < 1.29 is 18.0 Å². The van der Waals surface area contributed by atoms with Crippen LogP contribution in [0, 0.1) is 5.92 Å². The normalized spacial score (nSPS) is 20.2. The fourth-order valence-electron chi connectivity index (χ4n) is 2.39. The number of halogens is 3. The molecule has 2 heterocycles. The monoisotopic (exact) mass is 290 g/mol. The molecular formula is C12H17F3N4O. The van der Waals surface area contributed by atoms with Gasteiger partial charge in [0.15, 0.2) is 5.69 Å². The van der Waals surface area contributed by atoms with Crippen molar-refractivity contribution in [2.45, 2.75) is 32.5 Å². The Morgan fingerprint density at radius 3 is 2.85 bits per heavy atom. The van der Waals surface area contributed by atoms with Crippen molar-refractivity contribution in [3.8, 4) is 0 Å². The molecule has 1 aliphatic heterocycles. The van der Waals surface area contributed by atoms with Crippen LogP contribution in [-0.4, -0.2) is 39.9 Å². The van der Waals surface area contributed by atoms with Gasteiger partial charge in [-0.05, 0) is 18.8 Å². The molecule has 8 heteroatoms. The standard InChI is InChI=1S/C12H17F3N4O/c1-8-3-2-4-18(5-8)11(20)10-9(16)6-19(17-10)7-12(13,14)15/h6,8H,2-5,7,16H2,1H3. The summed E-state index contributed by atoms with van der Waals surface area (Å²) in [5.74, 6) is -0.0128. The molecule has 1 fully saturated rings. The molecule has 5 nitrogen and oxygen atoms in total. The second kappa shape index (κ2) is 5.34. The highest BCUT2D eigenvalue weighted by atomic mass is 19.4. The Kier molecular flexibility index (Phi) is 3.92. The minimum Gasteiger partial charge on any atom is -0.396 e. The number of rotatable bonds is 2. The third-order valence-corrected chi connectivity index (χ3v) is 3.28. The number of anilines is 1. The van der Waals surface area contributed by atoms with Gasteiger partial charge in [-0.1, -0.05) is 6.92 Å². The molecule has 0 aliphatic carbocycles. The van der Waals surface area contributed by atoms with Crippen LogP contribution in [-0.2, 0) is 6.54 Å². The van der Waals surface area contributed by atoms with E-state index in [9.17, 15) is 18.0 Å². The maximum Gasteiger partial charge on any atom is 0.408 e. The van der Waals surface area contributed by atoms with E-state index in [2.05, 4.69) is 5.10 Å². The van der Waals surface area contributed by atoms with Crippen LogP contribution in [0.25, 0.3) is 0 Å². The number of nitrogens with two attached hydrogens (primary N) is 1. The molecule has 2 rings (SSSR count). The maximum absolute atomic E-state index is 12.3. The molecule has 1 aliphatic rings. The highest BCUT2D eigenvalue weighted by Crippen LogP contribution is 2.22. The van der Waals surface area contributed by atoms with Crippen LogP contribution >= 0.6 is 0 Å². The summed E-state index contributed by atoms with van der Waals surface area (Å²) in [7, 11) is 0. The summed E-state index contributed by atoms with van der Waals surface area (Å²) in [5.41, 5.74) is 5.49. The molecule has 1 aromatic rings. The molecule has 0 bridgehead atoms. The van der Waals surface area contributed by atoms with Gasteiger partial charge in [0.25, 0.3) is 5.91 Å². The topological polar surface area (TPSA) is 64.2 Å². The number of aromatic nitrogens is 2. The van der Waals surface area contributed by atoms with Crippen molar-refractivity contribution in [3.63, 3.8) is 0 Å². The van der Waals surface area contributed by atoms with Gasteiger partial charge in [-0.2, -0.15) is 18.3 Å². The zero-order chi connectivity index (χ0) is 14.9. The van der Waals surface area contributed by atoms with E-state index in [4.69, 9.17) is 5.73 Å². The summed E-state index contributed by atoms with van der Waals surface area (Å²) < 4.78 is 37.5. The van der Waals surface area contributed by atoms with Crippen LogP contribution in [0.5, 0.6) is 0 Å².